The number of hydrogen-bond donors (Lipinski definition) is 1. The zero-order chi connectivity index (χ0) is 13.5. The van der Waals surface area contributed by atoms with E-state index < -0.39 is 6.10 Å². The first-order chi connectivity index (χ1) is 8.58. The number of carbonyl (C=O) groups is 2. The monoisotopic (exact) mass is 271 g/mol. The van der Waals surface area contributed by atoms with Crippen molar-refractivity contribution in [2.75, 3.05) is 14.2 Å². The summed E-state index contributed by atoms with van der Waals surface area (Å²) in [5, 5.41) is 4.68. The van der Waals surface area contributed by atoms with Gasteiger partial charge in [-0.3, -0.25) is 9.59 Å². The highest BCUT2D eigenvalue weighted by Crippen LogP contribution is 2.22. The summed E-state index contributed by atoms with van der Waals surface area (Å²) >= 11 is 1.48. The second-order valence-corrected chi connectivity index (χ2v) is 4.71. The number of rotatable bonds is 6. The van der Waals surface area contributed by atoms with Crippen LogP contribution in [-0.4, -0.2) is 32.2 Å². The molecule has 1 aromatic rings. The number of methoxy groups -OCH3 is 2. The lowest BCUT2D eigenvalue weighted by Crippen LogP contribution is -2.37. The smallest absolute Gasteiger partial charge is 0.307 e. The van der Waals surface area contributed by atoms with Crippen LogP contribution in [0.15, 0.2) is 17.5 Å². The Hall–Kier alpha value is -1.40. The number of carbonyl (C=O) groups excluding carboxylic acids is 2. The molecule has 0 aromatic carbocycles. The molecular weight excluding hydrogens is 254 g/mol. The van der Waals surface area contributed by atoms with Gasteiger partial charge in [-0.2, -0.15) is 0 Å². The Kier molecular flexibility index (Phi) is 5.80. The van der Waals surface area contributed by atoms with Crippen LogP contribution in [0.25, 0.3) is 0 Å². The van der Waals surface area contributed by atoms with E-state index in [0.29, 0.717) is 0 Å². The average Bonchev–Trinajstić information content (AvgIpc) is 2.90. The quantitative estimate of drug-likeness (QED) is 0.796. The zero-order valence-electron chi connectivity index (χ0n) is 10.6. The number of amides is 1. The van der Waals surface area contributed by atoms with E-state index in [1.165, 1.54) is 25.6 Å². The van der Waals surface area contributed by atoms with E-state index in [9.17, 15) is 9.59 Å². The van der Waals surface area contributed by atoms with Crippen LogP contribution in [0.3, 0.4) is 0 Å². The van der Waals surface area contributed by atoms with Crippen molar-refractivity contribution >= 4 is 23.2 Å². The number of nitrogens with one attached hydrogen (secondary N) is 1. The zero-order valence-corrected chi connectivity index (χ0v) is 11.5. The molecule has 0 spiro atoms. The normalized spacial score (nSPS) is 13.7. The third kappa shape index (κ3) is 4.12. The molecule has 0 aliphatic heterocycles. The summed E-state index contributed by atoms with van der Waals surface area (Å²) in [6, 6.07) is 3.37. The summed E-state index contributed by atoms with van der Waals surface area (Å²) in [4.78, 5) is 24.0. The molecule has 6 heteroatoms. The lowest BCUT2D eigenvalue weighted by Gasteiger charge is -2.18. The summed E-state index contributed by atoms with van der Waals surface area (Å²) in [5.41, 5.74) is 0. The fourth-order valence-corrected chi connectivity index (χ4v) is 2.14. The predicted molar refractivity (Wildman–Crippen MR) is 68.3 cm³/mol. The van der Waals surface area contributed by atoms with Crippen LogP contribution < -0.4 is 5.32 Å². The van der Waals surface area contributed by atoms with Gasteiger partial charge >= 0.3 is 5.97 Å². The molecule has 0 bridgehead atoms. The number of hydrogen-bond acceptors (Lipinski definition) is 5. The third-order valence-electron chi connectivity index (χ3n) is 2.52. The Morgan fingerprint density at radius 2 is 2.17 bits per heavy atom. The van der Waals surface area contributed by atoms with Gasteiger partial charge < -0.3 is 14.8 Å². The molecule has 1 rings (SSSR count). The predicted octanol–water partition coefficient (Wildman–Crippen LogP) is 1.50. The van der Waals surface area contributed by atoms with E-state index in [-0.39, 0.29) is 24.3 Å². The fraction of sp³-hybridized carbons (Fsp3) is 0.500. The van der Waals surface area contributed by atoms with E-state index in [2.05, 4.69) is 10.1 Å². The lowest BCUT2D eigenvalue weighted by atomic mass is 10.1. The van der Waals surface area contributed by atoms with Gasteiger partial charge in [0.1, 0.15) is 6.10 Å². The van der Waals surface area contributed by atoms with Crippen LogP contribution in [0.4, 0.5) is 0 Å². The highest BCUT2D eigenvalue weighted by Gasteiger charge is 2.22. The molecule has 0 saturated carbocycles. The minimum atomic E-state index is -0.551. The molecule has 2 atom stereocenters. The molecule has 100 valence electrons. The van der Waals surface area contributed by atoms with Gasteiger partial charge in [0.2, 0.25) is 5.91 Å². The van der Waals surface area contributed by atoms with Gasteiger partial charge in [-0.25, -0.2) is 0 Å². The first-order valence-electron chi connectivity index (χ1n) is 5.51. The van der Waals surface area contributed by atoms with Crippen LogP contribution in [0, 0.1) is 0 Å². The van der Waals surface area contributed by atoms with Gasteiger partial charge in [0, 0.05) is 12.0 Å². The van der Waals surface area contributed by atoms with Gasteiger partial charge in [-0.1, -0.05) is 6.07 Å². The van der Waals surface area contributed by atoms with Crippen molar-refractivity contribution in [1.82, 2.24) is 5.32 Å². The van der Waals surface area contributed by atoms with Crippen molar-refractivity contribution in [3.8, 4) is 0 Å². The van der Waals surface area contributed by atoms with Gasteiger partial charge in [0.05, 0.1) is 19.6 Å². The highest BCUT2D eigenvalue weighted by atomic mass is 32.1. The van der Waals surface area contributed by atoms with E-state index in [1.807, 2.05) is 17.5 Å². The lowest BCUT2D eigenvalue weighted by molar-refractivity contribution is -0.141. The maximum Gasteiger partial charge on any atom is 0.307 e. The van der Waals surface area contributed by atoms with Crippen LogP contribution in [0.2, 0.25) is 0 Å². The molecule has 5 nitrogen and oxygen atoms in total. The Morgan fingerprint density at radius 1 is 1.44 bits per heavy atom. The highest BCUT2D eigenvalue weighted by molar-refractivity contribution is 7.10. The molecule has 1 heterocycles. The Labute approximate surface area is 110 Å². The minimum absolute atomic E-state index is 0.110. The van der Waals surface area contributed by atoms with Crippen molar-refractivity contribution in [2.24, 2.45) is 0 Å². The van der Waals surface area contributed by atoms with Crippen LogP contribution in [0.5, 0.6) is 0 Å². The van der Waals surface area contributed by atoms with Crippen LogP contribution >= 0.6 is 11.3 Å². The summed E-state index contributed by atoms with van der Waals surface area (Å²) in [7, 11) is 2.79. The molecule has 0 radical (unpaired) electrons. The topological polar surface area (TPSA) is 64.6 Å². The summed E-state index contributed by atoms with van der Waals surface area (Å²) in [5.74, 6) is -0.612. The van der Waals surface area contributed by atoms with E-state index in [4.69, 9.17) is 4.74 Å². The molecule has 1 aromatic heterocycles. The van der Waals surface area contributed by atoms with Gasteiger partial charge in [0.15, 0.2) is 0 Å². The third-order valence-corrected chi connectivity index (χ3v) is 3.51. The standard InChI is InChI=1S/C12H17NO4S/c1-8(16-2)12(15)13-9(7-11(14)17-3)10-5-4-6-18-10/h4-6,8-9H,7H2,1-3H3,(H,13,15). The van der Waals surface area contributed by atoms with Crippen molar-refractivity contribution < 1.29 is 19.1 Å². The molecular formula is C12H17NO4S. The van der Waals surface area contributed by atoms with Gasteiger partial charge in [0.25, 0.3) is 0 Å². The molecule has 1 amide bonds. The van der Waals surface area contributed by atoms with Gasteiger partial charge in [-0.05, 0) is 18.4 Å². The summed E-state index contributed by atoms with van der Waals surface area (Å²) in [6.45, 7) is 1.65. The first-order valence-corrected chi connectivity index (χ1v) is 6.39. The first kappa shape index (κ1) is 14.7. The van der Waals surface area contributed by atoms with Crippen LogP contribution in [-0.2, 0) is 19.1 Å². The summed E-state index contributed by atoms with van der Waals surface area (Å²) in [6.07, 6.45) is -0.441. The molecule has 0 fully saturated rings. The van der Waals surface area contributed by atoms with Crippen molar-refractivity contribution in [3.05, 3.63) is 22.4 Å². The maximum atomic E-state index is 11.8. The molecule has 0 aliphatic rings. The number of ether oxygens (including phenoxy) is 2. The second-order valence-electron chi connectivity index (χ2n) is 3.73. The molecule has 1 N–H and O–H groups in total. The second kappa shape index (κ2) is 7.13. The Morgan fingerprint density at radius 3 is 2.67 bits per heavy atom. The number of esters is 1. The van der Waals surface area contributed by atoms with Crippen molar-refractivity contribution in [2.45, 2.75) is 25.5 Å². The minimum Gasteiger partial charge on any atom is -0.469 e. The fourth-order valence-electron chi connectivity index (χ4n) is 1.36. The average molecular weight is 271 g/mol. The summed E-state index contributed by atoms with van der Waals surface area (Å²) < 4.78 is 9.57. The van der Waals surface area contributed by atoms with E-state index in [1.54, 1.807) is 6.92 Å². The van der Waals surface area contributed by atoms with Gasteiger partial charge in [-0.15, -0.1) is 11.3 Å². The van der Waals surface area contributed by atoms with Crippen LogP contribution in [0.1, 0.15) is 24.3 Å². The Bertz CT molecular complexity index is 391. The van der Waals surface area contributed by atoms with E-state index in [0.717, 1.165) is 4.88 Å². The Balaban J connectivity index is 2.72. The largest absolute Gasteiger partial charge is 0.469 e. The SMILES string of the molecule is COC(=O)CC(NC(=O)C(C)OC)c1cccs1. The molecule has 0 saturated heterocycles. The van der Waals surface area contributed by atoms with Crippen molar-refractivity contribution in [3.63, 3.8) is 0 Å². The molecule has 2 unspecified atom stereocenters. The molecule has 0 aliphatic carbocycles. The molecule has 18 heavy (non-hydrogen) atoms. The van der Waals surface area contributed by atoms with Crippen molar-refractivity contribution in [1.29, 1.82) is 0 Å². The maximum absolute atomic E-state index is 11.8. The van der Waals surface area contributed by atoms with E-state index >= 15 is 0 Å². The number of thiophene rings is 1.